The molecule has 2 aromatic rings. The Hall–Kier alpha value is -3.19. The molecule has 128 valence electrons. The summed E-state index contributed by atoms with van der Waals surface area (Å²) in [7, 11) is 3.87. The molecule has 2 aromatic carbocycles. The number of rotatable bonds is 4. The number of aliphatic imine (C=N–C) groups is 1. The number of nitrogens with zero attached hydrogens (tertiary/aromatic N) is 4. The Bertz CT molecular complexity index is 857. The minimum absolute atomic E-state index is 0.0797. The van der Waals surface area contributed by atoms with Gasteiger partial charge in [-0.15, -0.1) is 0 Å². The van der Waals surface area contributed by atoms with Gasteiger partial charge in [0.1, 0.15) is 17.2 Å². The smallest absolute Gasteiger partial charge is 0.174 e. The van der Waals surface area contributed by atoms with Crippen molar-refractivity contribution in [3.05, 3.63) is 48.5 Å². The highest BCUT2D eigenvalue weighted by atomic mass is 16.3. The maximum atomic E-state index is 9.50. The number of nitrogens with two attached hydrogens (primary N) is 1. The van der Waals surface area contributed by atoms with E-state index < -0.39 is 0 Å². The number of hydrogen-bond acceptors (Lipinski definition) is 6. The van der Waals surface area contributed by atoms with Crippen LogP contribution in [0, 0.1) is 5.41 Å². The second-order valence-electron chi connectivity index (χ2n) is 5.98. The van der Waals surface area contributed by atoms with Crippen molar-refractivity contribution in [3.8, 4) is 5.75 Å². The first kappa shape index (κ1) is 16.7. The average molecular weight is 336 g/mol. The van der Waals surface area contributed by atoms with Crippen LogP contribution in [0.3, 0.4) is 0 Å². The third-order valence-electron chi connectivity index (χ3n) is 3.64. The lowest BCUT2D eigenvalue weighted by Gasteiger charge is -2.13. The molecule has 0 atom stereocenters. The SMILES string of the molecule is CN(C)CC1=NN(c2ccccc2)C(=N)C1=Nc1ccc(O)cc1N. The summed E-state index contributed by atoms with van der Waals surface area (Å²) in [4.78, 5) is 6.52. The molecule has 0 saturated heterocycles. The largest absolute Gasteiger partial charge is 0.508 e. The standard InChI is InChI=1S/C18H20N6O/c1-23(2)11-16-17(21-15-9-8-13(25)10-14(15)19)18(20)24(22-16)12-6-4-3-5-7-12/h3-10,20,25H,11,19H2,1-2H3. The molecular formula is C18H20N6O. The van der Waals surface area contributed by atoms with Crippen LogP contribution in [0.25, 0.3) is 0 Å². The molecule has 0 bridgehead atoms. The van der Waals surface area contributed by atoms with Gasteiger partial charge in [0, 0.05) is 12.6 Å². The van der Waals surface area contributed by atoms with Gasteiger partial charge >= 0.3 is 0 Å². The quantitative estimate of drug-likeness (QED) is 0.746. The minimum Gasteiger partial charge on any atom is -0.508 e. The first-order valence-corrected chi connectivity index (χ1v) is 7.79. The van der Waals surface area contributed by atoms with Gasteiger partial charge in [-0.25, -0.2) is 10.0 Å². The summed E-state index contributed by atoms with van der Waals surface area (Å²) in [6.45, 7) is 0.544. The van der Waals surface area contributed by atoms with Crippen LogP contribution in [0.4, 0.5) is 17.1 Å². The summed E-state index contributed by atoms with van der Waals surface area (Å²) >= 11 is 0. The maximum absolute atomic E-state index is 9.50. The van der Waals surface area contributed by atoms with Crippen LogP contribution in [0.5, 0.6) is 5.75 Å². The average Bonchev–Trinajstić information content (AvgIpc) is 2.86. The normalized spacial score (nSPS) is 16.0. The van der Waals surface area contributed by atoms with E-state index in [1.165, 1.54) is 12.1 Å². The number of hydrogen-bond donors (Lipinski definition) is 3. The third kappa shape index (κ3) is 3.51. The van der Waals surface area contributed by atoms with Crippen molar-refractivity contribution in [3.63, 3.8) is 0 Å². The van der Waals surface area contributed by atoms with Crippen molar-refractivity contribution < 1.29 is 5.11 Å². The molecule has 7 nitrogen and oxygen atoms in total. The van der Waals surface area contributed by atoms with E-state index in [-0.39, 0.29) is 11.6 Å². The number of phenols is 1. The Balaban J connectivity index is 2.03. The second kappa shape index (κ2) is 6.74. The van der Waals surface area contributed by atoms with Crippen molar-refractivity contribution in [1.29, 1.82) is 5.41 Å². The zero-order chi connectivity index (χ0) is 18.0. The van der Waals surface area contributed by atoms with E-state index in [9.17, 15) is 5.11 Å². The fourth-order valence-corrected chi connectivity index (χ4v) is 2.50. The minimum atomic E-state index is 0.0797. The van der Waals surface area contributed by atoms with Gasteiger partial charge in [-0.3, -0.25) is 5.41 Å². The number of benzene rings is 2. The highest BCUT2D eigenvalue weighted by molar-refractivity contribution is 6.73. The van der Waals surface area contributed by atoms with E-state index in [1.807, 2.05) is 49.3 Å². The monoisotopic (exact) mass is 336 g/mol. The molecule has 0 radical (unpaired) electrons. The fraction of sp³-hybridized carbons (Fsp3) is 0.167. The molecule has 25 heavy (non-hydrogen) atoms. The summed E-state index contributed by atoms with van der Waals surface area (Å²) in [5.41, 5.74) is 8.74. The number of phenolic OH excluding ortho intramolecular Hbond substituents is 1. The number of para-hydroxylation sites is 1. The summed E-state index contributed by atoms with van der Waals surface area (Å²) in [6.07, 6.45) is 0. The Kier molecular flexibility index (Phi) is 4.49. The van der Waals surface area contributed by atoms with Crippen LogP contribution in [0.1, 0.15) is 0 Å². The number of amidine groups is 1. The summed E-state index contributed by atoms with van der Waals surface area (Å²) in [5, 5.41) is 24.1. The van der Waals surface area contributed by atoms with Crippen molar-refractivity contribution in [2.24, 2.45) is 10.1 Å². The van der Waals surface area contributed by atoms with Gasteiger partial charge in [0.05, 0.1) is 17.1 Å². The zero-order valence-corrected chi connectivity index (χ0v) is 14.1. The zero-order valence-electron chi connectivity index (χ0n) is 14.1. The van der Waals surface area contributed by atoms with Gasteiger partial charge in [0.25, 0.3) is 0 Å². The third-order valence-corrected chi connectivity index (χ3v) is 3.64. The molecule has 4 N–H and O–H groups in total. The van der Waals surface area contributed by atoms with E-state index in [4.69, 9.17) is 11.1 Å². The summed E-state index contributed by atoms with van der Waals surface area (Å²) in [6, 6.07) is 14.1. The van der Waals surface area contributed by atoms with Crippen LogP contribution >= 0.6 is 0 Å². The highest BCUT2D eigenvalue weighted by Gasteiger charge is 2.30. The number of hydrazone groups is 1. The van der Waals surface area contributed by atoms with Crippen LogP contribution in [-0.2, 0) is 0 Å². The van der Waals surface area contributed by atoms with Crippen LogP contribution in [0.15, 0.2) is 58.6 Å². The molecule has 1 heterocycles. The molecule has 0 aliphatic carbocycles. The molecule has 0 saturated carbocycles. The molecule has 1 aliphatic rings. The lowest BCUT2D eigenvalue weighted by atomic mass is 10.2. The van der Waals surface area contributed by atoms with Crippen LogP contribution < -0.4 is 10.7 Å². The van der Waals surface area contributed by atoms with Gasteiger partial charge in [-0.2, -0.15) is 5.10 Å². The number of nitrogens with one attached hydrogen (secondary N) is 1. The highest BCUT2D eigenvalue weighted by Crippen LogP contribution is 2.28. The van der Waals surface area contributed by atoms with E-state index in [0.717, 1.165) is 5.69 Å². The van der Waals surface area contributed by atoms with Gasteiger partial charge in [-0.05, 0) is 38.4 Å². The van der Waals surface area contributed by atoms with Gasteiger partial charge in [0.15, 0.2) is 5.84 Å². The maximum Gasteiger partial charge on any atom is 0.174 e. The van der Waals surface area contributed by atoms with Gasteiger partial charge in [0.2, 0.25) is 0 Å². The van der Waals surface area contributed by atoms with Crippen molar-refractivity contribution in [2.45, 2.75) is 0 Å². The molecule has 3 rings (SSSR count). The van der Waals surface area contributed by atoms with Crippen molar-refractivity contribution in [2.75, 3.05) is 31.4 Å². The lowest BCUT2D eigenvalue weighted by molar-refractivity contribution is 0.471. The predicted molar refractivity (Wildman–Crippen MR) is 102 cm³/mol. The summed E-state index contributed by atoms with van der Waals surface area (Å²) < 4.78 is 0. The second-order valence-corrected chi connectivity index (χ2v) is 5.98. The Morgan fingerprint density at radius 2 is 1.92 bits per heavy atom. The number of anilines is 2. The fourth-order valence-electron chi connectivity index (χ4n) is 2.50. The summed E-state index contributed by atoms with van der Waals surface area (Å²) in [5.74, 6) is 0.270. The Morgan fingerprint density at radius 3 is 2.56 bits per heavy atom. The molecule has 0 aromatic heterocycles. The van der Waals surface area contributed by atoms with Gasteiger partial charge < -0.3 is 15.7 Å². The van der Waals surface area contributed by atoms with E-state index in [1.54, 1.807) is 11.1 Å². The van der Waals surface area contributed by atoms with E-state index in [2.05, 4.69) is 10.1 Å². The molecule has 0 fully saturated rings. The topological polar surface area (TPSA) is 101 Å². The Labute approximate surface area is 146 Å². The molecule has 0 unspecified atom stereocenters. The van der Waals surface area contributed by atoms with E-state index in [0.29, 0.717) is 29.3 Å². The van der Waals surface area contributed by atoms with Crippen molar-refractivity contribution in [1.82, 2.24) is 4.90 Å². The predicted octanol–water partition coefficient (Wildman–Crippen LogP) is 2.46. The van der Waals surface area contributed by atoms with Crippen LogP contribution in [0.2, 0.25) is 0 Å². The first-order valence-electron chi connectivity index (χ1n) is 7.79. The number of aromatic hydroxyl groups is 1. The van der Waals surface area contributed by atoms with Crippen molar-refractivity contribution >= 4 is 34.3 Å². The number of nitrogen functional groups attached to an aromatic ring is 1. The van der Waals surface area contributed by atoms with Crippen LogP contribution in [-0.4, -0.2) is 47.9 Å². The molecular weight excluding hydrogens is 316 g/mol. The molecule has 7 heteroatoms. The van der Waals surface area contributed by atoms with Gasteiger partial charge in [-0.1, -0.05) is 18.2 Å². The van der Waals surface area contributed by atoms with E-state index >= 15 is 0 Å². The molecule has 0 spiro atoms. The Morgan fingerprint density at radius 1 is 1.20 bits per heavy atom. The lowest BCUT2D eigenvalue weighted by Crippen LogP contribution is -2.31. The molecule has 0 amide bonds. The first-order chi connectivity index (χ1) is 12.0. The molecule has 1 aliphatic heterocycles.